The summed E-state index contributed by atoms with van der Waals surface area (Å²) in [6, 6.07) is -0.480. The molecular weight excluding hydrogens is 312 g/mol. The molecule has 2 aliphatic rings. The third kappa shape index (κ3) is 2.74. The highest BCUT2D eigenvalue weighted by molar-refractivity contribution is 7.98. The smallest absolute Gasteiger partial charge is 0.357 e. The molecule has 2 aliphatic heterocycles. The van der Waals surface area contributed by atoms with Gasteiger partial charge in [0.25, 0.3) is 0 Å². The van der Waals surface area contributed by atoms with E-state index in [0.717, 1.165) is 10.3 Å². The summed E-state index contributed by atoms with van der Waals surface area (Å²) in [5.74, 6) is -2.84. The van der Waals surface area contributed by atoms with Gasteiger partial charge in [-0.15, -0.1) is 0 Å². The molecule has 0 aromatic heterocycles. The van der Waals surface area contributed by atoms with Gasteiger partial charge in [-0.05, 0) is 6.92 Å². The van der Waals surface area contributed by atoms with E-state index in [9.17, 15) is 29.1 Å². The fraction of sp³-hybridized carbons (Fsp3) is 0.462. The molecule has 0 spiro atoms. The van der Waals surface area contributed by atoms with E-state index in [2.05, 4.69) is 5.32 Å². The zero-order valence-electron chi connectivity index (χ0n) is 12.0. The lowest BCUT2D eigenvalue weighted by atomic mass is 9.83. The first-order valence-corrected chi connectivity index (χ1v) is 7.79. The Balaban J connectivity index is 2.23. The minimum Gasteiger partial charge on any atom is -0.607 e. The Labute approximate surface area is 129 Å². The van der Waals surface area contributed by atoms with Crippen molar-refractivity contribution in [2.75, 3.05) is 0 Å². The number of nitrogens with zero attached hydrogens (tertiary/aromatic N) is 1. The number of fused-ring (bicyclic) bond motifs is 1. The number of hydrogen-bond acceptors (Lipinski definition) is 5. The number of aliphatic carboxylic acids is 1. The van der Waals surface area contributed by atoms with Crippen LogP contribution in [0.2, 0.25) is 0 Å². The highest BCUT2D eigenvalue weighted by Crippen LogP contribution is 2.45. The maximum absolute atomic E-state index is 12.2. The van der Waals surface area contributed by atoms with Crippen LogP contribution in [-0.2, 0) is 25.6 Å². The van der Waals surface area contributed by atoms with Crippen LogP contribution in [-0.4, -0.2) is 49.6 Å². The topological polar surface area (TPSA) is 130 Å². The molecule has 22 heavy (non-hydrogen) atoms. The Hall–Kier alpha value is -1.84. The summed E-state index contributed by atoms with van der Waals surface area (Å²) < 4.78 is 12.2. The summed E-state index contributed by atoms with van der Waals surface area (Å²) in [6.45, 7) is 2.74. The second-order valence-corrected chi connectivity index (χ2v) is 6.48. The number of hydrogen-bond donors (Lipinski definition) is 3. The van der Waals surface area contributed by atoms with E-state index in [4.69, 9.17) is 0 Å². The van der Waals surface area contributed by atoms with Crippen LogP contribution >= 0.6 is 0 Å². The van der Waals surface area contributed by atoms with Crippen LogP contribution in [0.15, 0.2) is 22.2 Å². The number of carboxylic acid groups (broad SMARTS) is 1. The van der Waals surface area contributed by atoms with Gasteiger partial charge in [0, 0.05) is 24.5 Å². The van der Waals surface area contributed by atoms with E-state index >= 15 is 0 Å². The zero-order valence-corrected chi connectivity index (χ0v) is 12.8. The molecule has 1 saturated heterocycles. The van der Waals surface area contributed by atoms with Gasteiger partial charge in [0.05, 0.1) is 24.3 Å². The van der Waals surface area contributed by atoms with Crippen molar-refractivity contribution in [2.24, 2.45) is 5.92 Å². The number of β-lactam (4-membered cyclic amide) rings is 1. The van der Waals surface area contributed by atoms with Crippen molar-refractivity contribution in [3.05, 3.63) is 22.2 Å². The predicted molar refractivity (Wildman–Crippen MR) is 76.2 cm³/mol. The van der Waals surface area contributed by atoms with Gasteiger partial charge in [0.2, 0.25) is 11.8 Å². The van der Waals surface area contributed by atoms with E-state index in [1.165, 1.54) is 20.0 Å². The van der Waals surface area contributed by atoms with Gasteiger partial charge >= 0.3 is 5.97 Å². The van der Waals surface area contributed by atoms with Crippen LogP contribution in [0.1, 0.15) is 20.3 Å². The number of carbonyl (C=O) groups is 3. The number of rotatable bonds is 5. The Morgan fingerprint density at radius 3 is 2.68 bits per heavy atom. The first-order valence-electron chi connectivity index (χ1n) is 6.57. The number of carbonyl (C=O) groups excluding carboxylic acids is 2. The van der Waals surface area contributed by atoms with Crippen molar-refractivity contribution in [1.29, 1.82) is 0 Å². The van der Waals surface area contributed by atoms with E-state index in [1.54, 1.807) is 0 Å². The normalized spacial score (nSPS) is 26.7. The van der Waals surface area contributed by atoms with Crippen LogP contribution in [0.3, 0.4) is 0 Å². The van der Waals surface area contributed by atoms with Crippen molar-refractivity contribution < 1.29 is 29.1 Å². The molecule has 2 heterocycles. The first-order chi connectivity index (χ1) is 10.3. The minimum atomic E-state index is -1.78. The molecule has 0 bridgehead atoms. The summed E-state index contributed by atoms with van der Waals surface area (Å²) in [4.78, 5) is 35.3. The van der Waals surface area contributed by atoms with Crippen molar-refractivity contribution in [2.45, 2.75) is 32.4 Å². The van der Waals surface area contributed by atoms with Gasteiger partial charge < -0.3 is 20.1 Å². The average molecular weight is 328 g/mol. The molecule has 0 aromatic carbocycles. The van der Waals surface area contributed by atoms with Gasteiger partial charge in [-0.1, -0.05) is 0 Å². The average Bonchev–Trinajstić information content (AvgIpc) is 2.72. The van der Waals surface area contributed by atoms with Crippen LogP contribution in [0, 0.1) is 5.92 Å². The van der Waals surface area contributed by atoms with Gasteiger partial charge in [-0.3, -0.25) is 14.5 Å². The fourth-order valence-corrected chi connectivity index (χ4v) is 3.77. The van der Waals surface area contributed by atoms with E-state index in [-0.39, 0.29) is 22.9 Å². The van der Waals surface area contributed by atoms with Crippen molar-refractivity contribution in [3.8, 4) is 0 Å². The van der Waals surface area contributed by atoms with E-state index in [1.807, 2.05) is 0 Å². The largest absolute Gasteiger partial charge is 0.607 e. The van der Waals surface area contributed by atoms with E-state index in [0.29, 0.717) is 0 Å². The summed E-state index contributed by atoms with van der Waals surface area (Å²) in [5, 5.41) is 22.3. The summed E-state index contributed by atoms with van der Waals surface area (Å²) in [7, 11) is 0. The highest BCUT2D eigenvalue weighted by Gasteiger charge is 2.59. The molecule has 4 atom stereocenters. The Bertz CT molecular complexity index is 585. The number of nitrogens with one attached hydrogen (secondary N) is 1. The molecule has 3 N–H and O–H groups in total. The summed E-state index contributed by atoms with van der Waals surface area (Å²) in [5.41, 5.74) is -0.294. The number of amides is 2. The number of carboxylic acids is 1. The maximum atomic E-state index is 12.2. The molecule has 1 fully saturated rings. The molecule has 0 aromatic rings. The van der Waals surface area contributed by atoms with Gasteiger partial charge in [0.1, 0.15) is 5.41 Å². The second kappa shape index (κ2) is 6.11. The number of aliphatic hydroxyl groups is 1. The third-order valence-electron chi connectivity index (χ3n) is 3.61. The second-order valence-electron chi connectivity index (χ2n) is 5.12. The zero-order chi connectivity index (χ0) is 16.6. The van der Waals surface area contributed by atoms with Crippen LogP contribution in [0.25, 0.3) is 0 Å². The molecule has 1 unspecified atom stereocenters. The van der Waals surface area contributed by atoms with Crippen molar-refractivity contribution in [1.82, 2.24) is 10.2 Å². The fourth-order valence-electron chi connectivity index (χ4n) is 2.71. The molecule has 0 aliphatic carbocycles. The summed E-state index contributed by atoms with van der Waals surface area (Å²) in [6.07, 6.45) is 0.403. The lowest BCUT2D eigenvalue weighted by Crippen LogP contribution is -2.61. The molecule has 0 saturated carbocycles. The maximum Gasteiger partial charge on any atom is 0.357 e. The van der Waals surface area contributed by atoms with Crippen LogP contribution < -0.4 is 5.32 Å². The van der Waals surface area contributed by atoms with E-state index < -0.39 is 41.1 Å². The number of aliphatic hydroxyl groups excluding tert-OH is 1. The quantitative estimate of drug-likeness (QED) is 0.450. The van der Waals surface area contributed by atoms with Crippen molar-refractivity contribution >= 4 is 29.0 Å². The van der Waals surface area contributed by atoms with Crippen molar-refractivity contribution in [3.63, 3.8) is 0 Å². The highest BCUT2D eigenvalue weighted by atomic mass is 32.2. The molecule has 2 rings (SSSR count). The van der Waals surface area contributed by atoms with Crippen LogP contribution in [0.5, 0.6) is 0 Å². The van der Waals surface area contributed by atoms with Gasteiger partial charge in [0.15, 0.2) is 10.6 Å². The third-order valence-corrected chi connectivity index (χ3v) is 4.84. The summed E-state index contributed by atoms with van der Waals surface area (Å²) >= 11 is -1.78. The molecular formula is C13H16N2O6S. The monoisotopic (exact) mass is 328 g/mol. The minimum absolute atomic E-state index is 0.107. The lowest BCUT2D eigenvalue weighted by molar-refractivity contribution is -0.161. The Kier molecular flexibility index (Phi) is 4.59. The van der Waals surface area contributed by atoms with Gasteiger partial charge in [-0.25, -0.2) is 4.79 Å². The molecule has 0 radical (unpaired) electrons. The first kappa shape index (κ1) is 16.5. The standard InChI is InChI=1S/C13H16N2O6S/c1-6(16)10-8-5-9(22(21)4-3-14-7(2)17)11(13(19)20)15(8)12(10)18/h3-4,6,8,10,16H,5H2,1-2H3,(H,14,17)(H,19,20)/b4-3+/t6-,8+,10-,22?/m0/s1. The molecule has 8 nitrogen and oxygen atoms in total. The predicted octanol–water partition coefficient (Wildman–Crippen LogP) is -0.750. The van der Waals surface area contributed by atoms with Gasteiger partial charge in [-0.2, -0.15) is 0 Å². The Morgan fingerprint density at radius 2 is 2.18 bits per heavy atom. The lowest BCUT2D eigenvalue weighted by Gasteiger charge is -2.44. The SMILES string of the molecule is CC(=O)N/C=C/[S+]([O-])C1=C(C(=O)O)N2C(=O)[C@@H]([C@H](C)O)[C@H]2C1. The molecule has 2 amide bonds. The Morgan fingerprint density at radius 1 is 1.55 bits per heavy atom. The molecule has 9 heteroatoms. The van der Waals surface area contributed by atoms with Crippen LogP contribution in [0.4, 0.5) is 0 Å². The molecule has 120 valence electrons.